The number of hydrogen-bond donors (Lipinski definition) is 1. The molecule has 0 unspecified atom stereocenters. The highest BCUT2D eigenvalue weighted by Gasteiger charge is 2.14. The Morgan fingerprint density at radius 3 is 2.69 bits per heavy atom. The van der Waals surface area contributed by atoms with Gasteiger partial charge < -0.3 is 10.3 Å². The van der Waals surface area contributed by atoms with Crippen LogP contribution in [-0.2, 0) is 6.54 Å². The zero-order valence-corrected chi connectivity index (χ0v) is 10.5. The van der Waals surface area contributed by atoms with Crippen molar-refractivity contribution >= 4 is 0 Å². The van der Waals surface area contributed by atoms with Crippen molar-refractivity contribution in [3.63, 3.8) is 0 Å². The molecule has 2 N–H and O–H groups in total. The smallest absolute Gasteiger partial charge is 0.250 e. The van der Waals surface area contributed by atoms with Gasteiger partial charge in [-0.15, -0.1) is 0 Å². The lowest BCUT2D eigenvalue weighted by Gasteiger charge is -2.22. The highest BCUT2D eigenvalue weighted by Crippen LogP contribution is 2.20. The van der Waals surface area contributed by atoms with E-state index in [4.69, 9.17) is 5.73 Å². The lowest BCUT2D eigenvalue weighted by atomic mass is 9.88. The van der Waals surface area contributed by atoms with Crippen molar-refractivity contribution in [3.05, 3.63) is 34.2 Å². The largest absolute Gasteiger partial charge is 0.330 e. The van der Waals surface area contributed by atoms with E-state index in [0.717, 1.165) is 24.9 Å². The Labute approximate surface area is 97.3 Å². The van der Waals surface area contributed by atoms with Crippen LogP contribution in [0, 0.1) is 12.3 Å². The molecule has 0 radical (unpaired) electrons. The van der Waals surface area contributed by atoms with E-state index in [1.54, 1.807) is 10.6 Å². The van der Waals surface area contributed by atoms with Gasteiger partial charge in [0.05, 0.1) is 0 Å². The highest BCUT2D eigenvalue weighted by molar-refractivity contribution is 5.07. The molecule has 0 bridgehead atoms. The maximum Gasteiger partial charge on any atom is 0.250 e. The molecule has 0 aliphatic heterocycles. The molecule has 0 aliphatic rings. The summed E-state index contributed by atoms with van der Waals surface area (Å²) >= 11 is 0. The normalized spacial score (nSPS) is 11.8. The molecule has 0 atom stereocenters. The third-order valence-electron chi connectivity index (χ3n) is 2.96. The van der Waals surface area contributed by atoms with Gasteiger partial charge >= 0.3 is 0 Å². The maximum absolute atomic E-state index is 11.6. The van der Waals surface area contributed by atoms with E-state index in [1.807, 2.05) is 19.2 Å². The van der Waals surface area contributed by atoms with Crippen LogP contribution in [0.25, 0.3) is 0 Å². The van der Waals surface area contributed by atoms with Crippen LogP contribution in [0.4, 0.5) is 0 Å². The van der Waals surface area contributed by atoms with Crippen LogP contribution in [-0.4, -0.2) is 11.1 Å². The summed E-state index contributed by atoms with van der Waals surface area (Å²) < 4.78 is 1.76. The molecule has 0 saturated carbocycles. The number of rotatable bonds is 5. The summed E-state index contributed by atoms with van der Waals surface area (Å²) in [7, 11) is 0. The van der Waals surface area contributed by atoms with Gasteiger partial charge in [0.2, 0.25) is 0 Å². The summed E-state index contributed by atoms with van der Waals surface area (Å²) in [5, 5.41) is 0. The van der Waals surface area contributed by atoms with Gasteiger partial charge in [-0.2, -0.15) is 0 Å². The third kappa shape index (κ3) is 3.81. The van der Waals surface area contributed by atoms with Gasteiger partial charge in [0, 0.05) is 18.8 Å². The van der Waals surface area contributed by atoms with E-state index in [2.05, 4.69) is 13.8 Å². The number of aromatic nitrogens is 1. The van der Waals surface area contributed by atoms with Gasteiger partial charge in [-0.25, -0.2) is 0 Å². The van der Waals surface area contributed by atoms with Gasteiger partial charge in [-0.05, 0) is 43.4 Å². The molecule has 0 aromatic carbocycles. The van der Waals surface area contributed by atoms with E-state index in [0.29, 0.717) is 6.54 Å². The van der Waals surface area contributed by atoms with Crippen LogP contribution in [0.3, 0.4) is 0 Å². The molecule has 3 heteroatoms. The standard InChI is InChI=1S/C13H22N2O/c1-11-5-8-15(12(16)9-11)7-4-6-13(2,3)10-14/h5,8-9H,4,6-7,10,14H2,1-3H3. The van der Waals surface area contributed by atoms with Gasteiger partial charge in [0.1, 0.15) is 0 Å². The zero-order chi connectivity index (χ0) is 12.2. The summed E-state index contributed by atoms with van der Waals surface area (Å²) in [5.41, 5.74) is 6.95. The minimum absolute atomic E-state index is 0.0885. The summed E-state index contributed by atoms with van der Waals surface area (Å²) in [5.74, 6) is 0. The first kappa shape index (κ1) is 13.0. The van der Waals surface area contributed by atoms with E-state index < -0.39 is 0 Å². The Kier molecular flexibility index (Phi) is 4.30. The Morgan fingerprint density at radius 1 is 1.44 bits per heavy atom. The van der Waals surface area contributed by atoms with Crippen LogP contribution in [0.2, 0.25) is 0 Å². The zero-order valence-electron chi connectivity index (χ0n) is 10.5. The molecule has 16 heavy (non-hydrogen) atoms. The van der Waals surface area contributed by atoms with E-state index in [-0.39, 0.29) is 11.0 Å². The van der Waals surface area contributed by atoms with Gasteiger partial charge in [-0.3, -0.25) is 4.79 Å². The van der Waals surface area contributed by atoms with Gasteiger partial charge in [-0.1, -0.05) is 13.8 Å². The summed E-state index contributed by atoms with van der Waals surface area (Å²) in [6.07, 6.45) is 3.91. The number of nitrogens with two attached hydrogens (primary N) is 1. The fourth-order valence-electron chi connectivity index (χ4n) is 1.62. The summed E-state index contributed by atoms with van der Waals surface area (Å²) in [6.45, 7) is 7.72. The Morgan fingerprint density at radius 2 is 2.12 bits per heavy atom. The Hall–Kier alpha value is -1.09. The summed E-state index contributed by atoms with van der Waals surface area (Å²) in [4.78, 5) is 11.6. The van der Waals surface area contributed by atoms with E-state index >= 15 is 0 Å². The predicted octanol–water partition coefficient (Wildman–Crippen LogP) is 1.92. The van der Waals surface area contributed by atoms with Crippen molar-refractivity contribution in [2.75, 3.05) is 6.54 Å². The fourth-order valence-corrected chi connectivity index (χ4v) is 1.62. The quantitative estimate of drug-likeness (QED) is 0.827. The monoisotopic (exact) mass is 222 g/mol. The second-order valence-corrected chi connectivity index (χ2v) is 5.21. The lowest BCUT2D eigenvalue weighted by Crippen LogP contribution is -2.25. The van der Waals surface area contributed by atoms with Gasteiger partial charge in [0.25, 0.3) is 5.56 Å². The Bertz CT molecular complexity index is 393. The topological polar surface area (TPSA) is 48.0 Å². The molecule has 1 aromatic rings. The molecule has 0 amide bonds. The second-order valence-electron chi connectivity index (χ2n) is 5.21. The number of aryl methyl sites for hydroxylation is 2. The predicted molar refractivity (Wildman–Crippen MR) is 67.5 cm³/mol. The second kappa shape index (κ2) is 5.30. The third-order valence-corrected chi connectivity index (χ3v) is 2.96. The first-order valence-electron chi connectivity index (χ1n) is 5.82. The molecular formula is C13H22N2O. The molecule has 0 fully saturated rings. The van der Waals surface area contributed by atoms with Crippen LogP contribution >= 0.6 is 0 Å². The average Bonchev–Trinajstić information content (AvgIpc) is 2.21. The first-order chi connectivity index (χ1) is 7.44. The number of hydrogen-bond acceptors (Lipinski definition) is 2. The first-order valence-corrected chi connectivity index (χ1v) is 5.82. The van der Waals surface area contributed by atoms with Crippen LogP contribution in [0.1, 0.15) is 32.3 Å². The highest BCUT2D eigenvalue weighted by atomic mass is 16.1. The van der Waals surface area contributed by atoms with E-state index in [1.165, 1.54) is 0 Å². The van der Waals surface area contributed by atoms with Crippen LogP contribution in [0.15, 0.2) is 23.1 Å². The average molecular weight is 222 g/mol. The molecule has 0 aliphatic carbocycles. The number of pyridine rings is 1. The SMILES string of the molecule is Cc1ccn(CCCC(C)(C)CN)c(=O)c1. The molecule has 3 nitrogen and oxygen atoms in total. The molecule has 1 aromatic heterocycles. The minimum atomic E-state index is 0.0885. The molecule has 90 valence electrons. The van der Waals surface area contributed by atoms with Crippen molar-refractivity contribution in [1.82, 2.24) is 4.57 Å². The molecule has 1 rings (SSSR count). The maximum atomic E-state index is 11.6. The van der Waals surface area contributed by atoms with Gasteiger partial charge in [0.15, 0.2) is 0 Å². The van der Waals surface area contributed by atoms with Crippen molar-refractivity contribution < 1.29 is 0 Å². The summed E-state index contributed by atoms with van der Waals surface area (Å²) in [6, 6.07) is 3.64. The number of nitrogens with zero attached hydrogens (tertiary/aromatic N) is 1. The van der Waals surface area contributed by atoms with Crippen molar-refractivity contribution in [2.24, 2.45) is 11.1 Å². The molecule has 1 heterocycles. The van der Waals surface area contributed by atoms with Crippen LogP contribution < -0.4 is 11.3 Å². The minimum Gasteiger partial charge on any atom is -0.330 e. The van der Waals surface area contributed by atoms with Crippen molar-refractivity contribution in [3.8, 4) is 0 Å². The van der Waals surface area contributed by atoms with Crippen molar-refractivity contribution in [1.29, 1.82) is 0 Å². The lowest BCUT2D eigenvalue weighted by molar-refractivity contribution is 0.326. The van der Waals surface area contributed by atoms with Crippen LogP contribution in [0.5, 0.6) is 0 Å². The molecule has 0 spiro atoms. The molecule has 0 saturated heterocycles. The fraction of sp³-hybridized carbons (Fsp3) is 0.615. The van der Waals surface area contributed by atoms with E-state index in [9.17, 15) is 4.79 Å². The molecular weight excluding hydrogens is 200 g/mol. The van der Waals surface area contributed by atoms with Crippen molar-refractivity contribution in [2.45, 2.75) is 40.2 Å². The Balaban J connectivity index is 2.53.